The molecule has 0 saturated carbocycles. The summed E-state index contributed by atoms with van der Waals surface area (Å²) in [5, 5.41) is 7.82. The van der Waals surface area contributed by atoms with Gasteiger partial charge in [0.1, 0.15) is 0 Å². The minimum atomic E-state index is -0.0651. The molecular formula is C21H22N4O. The van der Waals surface area contributed by atoms with Crippen LogP contribution >= 0.6 is 0 Å². The SMILES string of the molecule is Cc1cccc(-n2ncc3c2CCC[C@H]3NC(=O)c2ccncc2)c1C. The monoisotopic (exact) mass is 346 g/mol. The van der Waals surface area contributed by atoms with Crippen LogP contribution in [0.2, 0.25) is 0 Å². The Balaban J connectivity index is 1.65. The molecule has 0 saturated heterocycles. The first-order valence-corrected chi connectivity index (χ1v) is 8.99. The van der Waals surface area contributed by atoms with E-state index in [2.05, 4.69) is 47.4 Å². The number of rotatable bonds is 3. The van der Waals surface area contributed by atoms with E-state index in [4.69, 9.17) is 0 Å². The molecule has 0 unspecified atom stereocenters. The number of nitrogens with one attached hydrogen (secondary N) is 1. The van der Waals surface area contributed by atoms with E-state index in [-0.39, 0.29) is 11.9 Å². The molecule has 1 amide bonds. The van der Waals surface area contributed by atoms with Crippen molar-refractivity contribution < 1.29 is 4.79 Å². The van der Waals surface area contributed by atoms with E-state index in [9.17, 15) is 4.79 Å². The topological polar surface area (TPSA) is 59.8 Å². The van der Waals surface area contributed by atoms with Crippen LogP contribution < -0.4 is 5.32 Å². The summed E-state index contributed by atoms with van der Waals surface area (Å²) in [5.74, 6) is -0.0651. The number of carbonyl (C=O) groups is 1. The molecule has 1 N–H and O–H groups in total. The average Bonchev–Trinajstić information content (AvgIpc) is 3.10. The van der Waals surface area contributed by atoms with Crippen LogP contribution in [0.1, 0.15) is 51.6 Å². The highest BCUT2D eigenvalue weighted by Gasteiger charge is 2.26. The van der Waals surface area contributed by atoms with E-state index in [0.717, 1.165) is 30.5 Å². The lowest BCUT2D eigenvalue weighted by atomic mass is 9.92. The van der Waals surface area contributed by atoms with Gasteiger partial charge in [-0.05, 0) is 62.4 Å². The Bertz CT molecular complexity index is 946. The maximum Gasteiger partial charge on any atom is 0.251 e. The van der Waals surface area contributed by atoms with Crippen LogP contribution in [0.4, 0.5) is 0 Å². The molecular weight excluding hydrogens is 324 g/mol. The Morgan fingerprint density at radius 1 is 1.19 bits per heavy atom. The number of fused-ring (bicyclic) bond motifs is 1. The maximum atomic E-state index is 12.5. The second-order valence-corrected chi connectivity index (χ2v) is 6.83. The van der Waals surface area contributed by atoms with Crippen molar-refractivity contribution in [3.05, 3.63) is 76.9 Å². The molecule has 1 aromatic carbocycles. The van der Waals surface area contributed by atoms with Crippen LogP contribution in [0.15, 0.2) is 48.9 Å². The van der Waals surface area contributed by atoms with Crippen LogP contribution in [-0.4, -0.2) is 20.7 Å². The van der Waals surface area contributed by atoms with Crippen LogP contribution in [0, 0.1) is 13.8 Å². The van der Waals surface area contributed by atoms with Gasteiger partial charge in [0, 0.05) is 29.2 Å². The lowest BCUT2D eigenvalue weighted by Crippen LogP contribution is -2.31. The number of aromatic nitrogens is 3. The van der Waals surface area contributed by atoms with Crippen molar-refractivity contribution in [1.29, 1.82) is 0 Å². The van der Waals surface area contributed by atoms with Gasteiger partial charge in [0.2, 0.25) is 0 Å². The summed E-state index contributed by atoms with van der Waals surface area (Å²) in [5.41, 5.74) is 6.57. The van der Waals surface area contributed by atoms with E-state index < -0.39 is 0 Å². The Morgan fingerprint density at radius 2 is 2.00 bits per heavy atom. The quantitative estimate of drug-likeness (QED) is 0.787. The zero-order chi connectivity index (χ0) is 18.1. The number of carbonyl (C=O) groups excluding carboxylic acids is 1. The maximum absolute atomic E-state index is 12.5. The first kappa shape index (κ1) is 16.5. The van der Waals surface area contributed by atoms with Crippen molar-refractivity contribution in [2.75, 3.05) is 0 Å². The molecule has 1 aliphatic rings. The molecule has 26 heavy (non-hydrogen) atoms. The Morgan fingerprint density at radius 3 is 2.81 bits per heavy atom. The highest BCUT2D eigenvalue weighted by Crippen LogP contribution is 2.32. The molecule has 5 nitrogen and oxygen atoms in total. The van der Waals surface area contributed by atoms with Gasteiger partial charge in [-0.2, -0.15) is 5.10 Å². The Kier molecular flexibility index (Phi) is 4.29. The number of aryl methyl sites for hydroxylation is 1. The normalized spacial score (nSPS) is 16.2. The van der Waals surface area contributed by atoms with Gasteiger partial charge in [-0.25, -0.2) is 4.68 Å². The molecule has 2 aromatic heterocycles. The van der Waals surface area contributed by atoms with E-state index in [1.165, 1.54) is 16.8 Å². The molecule has 1 atom stereocenters. The van der Waals surface area contributed by atoms with Gasteiger partial charge in [-0.1, -0.05) is 12.1 Å². The van der Waals surface area contributed by atoms with Crippen molar-refractivity contribution >= 4 is 5.91 Å². The van der Waals surface area contributed by atoms with Gasteiger partial charge in [0.05, 0.1) is 17.9 Å². The van der Waals surface area contributed by atoms with Gasteiger partial charge < -0.3 is 5.32 Å². The van der Waals surface area contributed by atoms with Crippen molar-refractivity contribution in [2.24, 2.45) is 0 Å². The van der Waals surface area contributed by atoms with Crippen LogP contribution in [0.3, 0.4) is 0 Å². The van der Waals surface area contributed by atoms with E-state index in [1.807, 2.05) is 10.9 Å². The van der Waals surface area contributed by atoms with Crippen molar-refractivity contribution in [3.63, 3.8) is 0 Å². The van der Waals surface area contributed by atoms with Gasteiger partial charge >= 0.3 is 0 Å². The molecule has 132 valence electrons. The van der Waals surface area contributed by atoms with Gasteiger partial charge in [-0.3, -0.25) is 9.78 Å². The fourth-order valence-electron chi connectivity index (χ4n) is 3.62. The second-order valence-electron chi connectivity index (χ2n) is 6.83. The zero-order valence-electron chi connectivity index (χ0n) is 15.1. The third-order valence-corrected chi connectivity index (χ3v) is 5.24. The van der Waals surface area contributed by atoms with Crippen molar-refractivity contribution in [3.8, 4) is 5.69 Å². The largest absolute Gasteiger partial charge is 0.345 e. The van der Waals surface area contributed by atoms with E-state index in [0.29, 0.717) is 5.56 Å². The van der Waals surface area contributed by atoms with E-state index >= 15 is 0 Å². The summed E-state index contributed by atoms with van der Waals surface area (Å²) in [6.45, 7) is 4.25. The van der Waals surface area contributed by atoms with E-state index in [1.54, 1.807) is 24.5 Å². The van der Waals surface area contributed by atoms with Crippen LogP contribution in [0.25, 0.3) is 5.69 Å². The summed E-state index contributed by atoms with van der Waals surface area (Å²) < 4.78 is 2.04. The third kappa shape index (κ3) is 2.90. The summed E-state index contributed by atoms with van der Waals surface area (Å²) in [6, 6.07) is 9.76. The molecule has 1 aliphatic carbocycles. The number of nitrogens with zero attached hydrogens (tertiary/aromatic N) is 3. The first-order valence-electron chi connectivity index (χ1n) is 8.99. The number of amides is 1. The minimum Gasteiger partial charge on any atom is -0.345 e. The molecule has 2 heterocycles. The number of hydrogen-bond acceptors (Lipinski definition) is 3. The molecule has 0 radical (unpaired) electrons. The van der Waals surface area contributed by atoms with Crippen molar-refractivity contribution in [1.82, 2.24) is 20.1 Å². The molecule has 0 fully saturated rings. The lowest BCUT2D eigenvalue weighted by molar-refractivity contribution is 0.0932. The molecule has 3 aromatic rings. The fourth-order valence-corrected chi connectivity index (χ4v) is 3.62. The smallest absolute Gasteiger partial charge is 0.251 e. The van der Waals surface area contributed by atoms with Crippen molar-refractivity contribution in [2.45, 2.75) is 39.2 Å². The Labute approximate surface area is 153 Å². The molecule has 0 aliphatic heterocycles. The number of hydrogen-bond donors (Lipinski definition) is 1. The standard InChI is InChI=1S/C21H22N4O/c1-14-5-3-7-19(15(14)2)25-20-8-4-6-18(17(20)13-23-25)24-21(26)16-9-11-22-12-10-16/h3,5,7,9-13,18H,4,6,8H2,1-2H3,(H,24,26)/t18-/m1/s1. The van der Waals surface area contributed by atoms with Crippen LogP contribution in [-0.2, 0) is 6.42 Å². The van der Waals surface area contributed by atoms with Crippen LogP contribution in [0.5, 0.6) is 0 Å². The number of benzene rings is 1. The van der Waals surface area contributed by atoms with Gasteiger partial charge in [-0.15, -0.1) is 0 Å². The highest BCUT2D eigenvalue weighted by atomic mass is 16.1. The summed E-state index contributed by atoms with van der Waals surface area (Å²) >= 11 is 0. The zero-order valence-corrected chi connectivity index (χ0v) is 15.1. The minimum absolute atomic E-state index is 0.00159. The molecule has 5 heteroatoms. The van der Waals surface area contributed by atoms with Gasteiger partial charge in [0.15, 0.2) is 0 Å². The second kappa shape index (κ2) is 6.75. The summed E-state index contributed by atoms with van der Waals surface area (Å²) in [6.07, 6.45) is 8.13. The average molecular weight is 346 g/mol. The summed E-state index contributed by atoms with van der Waals surface area (Å²) in [7, 11) is 0. The molecule has 4 rings (SSSR count). The highest BCUT2D eigenvalue weighted by molar-refractivity contribution is 5.94. The lowest BCUT2D eigenvalue weighted by Gasteiger charge is -2.24. The predicted octanol–water partition coefficient (Wildman–Crippen LogP) is 3.69. The number of pyridine rings is 1. The Hall–Kier alpha value is -2.95. The molecule has 0 bridgehead atoms. The first-order chi connectivity index (χ1) is 12.6. The third-order valence-electron chi connectivity index (χ3n) is 5.24. The molecule has 0 spiro atoms. The summed E-state index contributed by atoms with van der Waals surface area (Å²) in [4.78, 5) is 16.5. The van der Waals surface area contributed by atoms with Gasteiger partial charge in [0.25, 0.3) is 5.91 Å². The predicted molar refractivity (Wildman–Crippen MR) is 100 cm³/mol. The fraction of sp³-hybridized carbons (Fsp3) is 0.286.